The van der Waals surface area contributed by atoms with E-state index >= 15 is 0 Å². The number of ether oxygens (including phenoxy) is 2. The zero-order valence-electron chi connectivity index (χ0n) is 16.6. The van der Waals surface area contributed by atoms with Crippen LogP contribution in [-0.2, 0) is 15.9 Å². The van der Waals surface area contributed by atoms with Gasteiger partial charge in [0, 0.05) is 18.6 Å². The fraction of sp³-hybridized carbons (Fsp3) is 0.240. The molecule has 0 bridgehead atoms. The number of benzene rings is 3. The fourth-order valence-electron chi connectivity index (χ4n) is 4.22. The maximum Gasteiger partial charge on any atom is 0.342 e. The van der Waals surface area contributed by atoms with Gasteiger partial charge in [-0.1, -0.05) is 54.6 Å². The fourth-order valence-corrected chi connectivity index (χ4v) is 4.22. The lowest BCUT2D eigenvalue weighted by Gasteiger charge is -2.31. The van der Waals surface area contributed by atoms with Gasteiger partial charge in [-0.15, -0.1) is 0 Å². The third-order valence-electron chi connectivity index (χ3n) is 5.58. The first-order valence-electron chi connectivity index (χ1n) is 9.77. The Labute approximate surface area is 170 Å². The molecule has 0 fully saturated rings. The topological polar surface area (TPSA) is 55.8 Å². The van der Waals surface area contributed by atoms with Crippen LogP contribution in [0.4, 0.5) is 0 Å². The van der Waals surface area contributed by atoms with E-state index in [1.165, 1.54) is 5.56 Å². The number of hydrogen-bond acceptors (Lipinski definition) is 4. The molecule has 148 valence electrons. The summed E-state index contributed by atoms with van der Waals surface area (Å²) in [5, 5.41) is 10.7. The number of carbonyl (C=O) groups is 1. The third-order valence-corrected chi connectivity index (χ3v) is 5.58. The van der Waals surface area contributed by atoms with Crippen LogP contribution in [0.5, 0.6) is 5.75 Å². The summed E-state index contributed by atoms with van der Waals surface area (Å²) in [6, 6.07) is 20.2. The number of phenolic OH excluding ortho intramolecular Hbond substituents is 1. The highest BCUT2D eigenvalue weighted by molar-refractivity contribution is 6.02. The zero-order valence-corrected chi connectivity index (χ0v) is 16.6. The van der Waals surface area contributed by atoms with Crippen molar-refractivity contribution < 1.29 is 19.4 Å². The van der Waals surface area contributed by atoms with Gasteiger partial charge in [-0.2, -0.15) is 0 Å². The minimum atomic E-state index is -0.524. The molecule has 29 heavy (non-hydrogen) atoms. The predicted octanol–water partition coefficient (Wildman–Crippen LogP) is 4.86. The minimum Gasteiger partial charge on any atom is -0.507 e. The second-order valence-electron chi connectivity index (χ2n) is 7.32. The van der Waals surface area contributed by atoms with Gasteiger partial charge in [-0.25, -0.2) is 4.79 Å². The molecule has 0 saturated heterocycles. The van der Waals surface area contributed by atoms with Crippen LogP contribution in [-0.4, -0.2) is 31.4 Å². The Morgan fingerprint density at radius 2 is 1.79 bits per heavy atom. The summed E-state index contributed by atoms with van der Waals surface area (Å²) in [5.41, 5.74) is 6.44. The number of aryl methyl sites for hydroxylation is 1. The van der Waals surface area contributed by atoms with Crippen molar-refractivity contribution >= 4 is 5.97 Å². The molecule has 0 aromatic heterocycles. The molecule has 3 aromatic carbocycles. The SMILES string of the molecule is COCCOC(=O)c1c(O)cc(C)c2c1-c1ccccc1C(c1ccccc1)C2. The molecule has 0 spiro atoms. The zero-order chi connectivity index (χ0) is 20.4. The van der Waals surface area contributed by atoms with Crippen LogP contribution in [0.2, 0.25) is 0 Å². The summed E-state index contributed by atoms with van der Waals surface area (Å²) in [4.78, 5) is 12.8. The van der Waals surface area contributed by atoms with Crippen molar-refractivity contribution in [3.8, 4) is 16.9 Å². The lowest BCUT2D eigenvalue weighted by molar-refractivity contribution is 0.0386. The number of rotatable bonds is 5. The standard InChI is InChI=1S/C25H24O4/c1-16-14-22(26)24(25(27)29-13-12-28-2)23-19-11-7-6-10-18(19)21(15-20(16)23)17-8-4-3-5-9-17/h3-11,14,21,26H,12-13,15H2,1-2H3. The first-order chi connectivity index (χ1) is 14.1. The molecule has 4 nitrogen and oxygen atoms in total. The monoisotopic (exact) mass is 388 g/mol. The number of hydrogen-bond donors (Lipinski definition) is 1. The second kappa shape index (κ2) is 8.10. The Hall–Kier alpha value is -3.11. The van der Waals surface area contributed by atoms with Crippen molar-refractivity contribution in [3.05, 3.63) is 88.5 Å². The highest BCUT2D eigenvalue weighted by Crippen LogP contribution is 2.47. The Balaban J connectivity index is 1.88. The Bertz CT molecular complexity index is 1040. The average molecular weight is 388 g/mol. The van der Waals surface area contributed by atoms with E-state index in [9.17, 15) is 9.90 Å². The summed E-state index contributed by atoms with van der Waals surface area (Å²) in [7, 11) is 1.55. The molecular weight excluding hydrogens is 364 g/mol. The summed E-state index contributed by atoms with van der Waals surface area (Å²) in [6.45, 7) is 2.44. The van der Waals surface area contributed by atoms with Crippen LogP contribution in [0.15, 0.2) is 60.7 Å². The van der Waals surface area contributed by atoms with Crippen molar-refractivity contribution in [1.82, 2.24) is 0 Å². The van der Waals surface area contributed by atoms with Crippen molar-refractivity contribution in [2.45, 2.75) is 19.3 Å². The molecule has 1 aliphatic carbocycles. The van der Waals surface area contributed by atoms with Gasteiger partial charge in [-0.05, 0) is 47.2 Å². The predicted molar refractivity (Wildman–Crippen MR) is 112 cm³/mol. The van der Waals surface area contributed by atoms with Gasteiger partial charge in [0.15, 0.2) is 0 Å². The van der Waals surface area contributed by atoms with E-state index in [0.29, 0.717) is 6.61 Å². The molecule has 1 aliphatic rings. The Morgan fingerprint density at radius 1 is 1.07 bits per heavy atom. The lowest BCUT2D eigenvalue weighted by atomic mass is 9.73. The van der Waals surface area contributed by atoms with Crippen LogP contribution >= 0.6 is 0 Å². The van der Waals surface area contributed by atoms with Crippen LogP contribution < -0.4 is 0 Å². The maximum absolute atomic E-state index is 12.8. The van der Waals surface area contributed by atoms with Gasteiger partial charge in [0.05, 0.1) is 6.61 Å². The normalized spacial score (nSPS) is 14.8. The van der Waals surface area contributed by atoms with Crippen molar-refractivity contribution in [2.24, 2.45) is 0 Å². The van der Waals surface area contributed by atoms with Crippen LogP contribution in [0.25, 0.3) is 11.1 Å². The molecule has 0 heterocycles. The first kappa shape index (κ1) is 19.2. The van der Waals surface area contributed by atoms with Crippen molar-refractivity contribution in [1.29, 1.82) is 0 Å². The molecule has 1 unspecified atom stereocenters. The smallest absolute Gasteiger partial charge is 0.342 e. The highest BCUT2D eigenvalue weighted by atomic mass is 16.6. The highest BCUT2D eigenvalue weighted by Gasteiger charge is 2.32. The van der Waals surface area contributed by atoms with E-state index in [1.807, 2.05) is 31.2 Å². The molecule has 4 heteroatoms. The average Bonchev–Trinajstić information content (AvgIpc) is 2.74. The molecule has 0 amide bonds. The summed E-state index contributed by atoms with van der Waals surface area (Å²) < 4.78 is 10.3. The molecule has 3 aromatic rings. The van der Waals surface area contributed by atoms with E-state index in [1.54, 1.807) is 13.2 Å². The molecular formula is C25H24O4. The molecule has 1 N–H and O–H groups in total. The van der Waals surface area contributed by atoms with E-state index in [-0.39, 0.29) is 23.8 Å². The lowest BCUT2D eigenvalue weighted by Crippen LogP contribution is -2.18. The molecule has 4 rings (SSSR count). The number of esters is 1. The largest absolute Gasteiger partial charge is 0.507 e. The van der Waals surface area contributed by atoms with Gasteiger partial charge in [0.25, 0.3) is 0 Å². The number of aromatic hydroxyl groups is 1. The molecule has 0 saturated carbocycles. The number of methoxy groups -OCH3 is 1. The number of fused-ring (bicyclic) bond motifs is 3. The minimum absolute atomic E-state index is 0.0448. The van der Waals surface area contributed by atoms with Gasteiger partial charge in [0.2, 0.25) is 0 Å². The van der Waals surface area contributed by atoms with Gasteiger partial charge >= 0.3 is 5.97 Å². The van der Waals surface area contributed by atoms with Gasteiger partial charge in [0.1, 0.15) is 17.9 Å². The van der Waals surface area contributed by atoms with Crippen molar-refractivity contribution in [3.63, 3.8) is 0 Å². The maximum atomic E-state index is 12.8. The van der Waals surface area contributed by atoms with Crippen molar-refractivity contribution in [2.75, 3.05) is 20.3 Å². The second-order valence-corrected chi connectivity index (χ2v) is 7.32. The van der Waals surface area contributed by atoms with Crippen LogP contribution in [0, 0.1) is 6.92 Å². The van der Waals surface area contributed by atoms with Gasteiger partial charge in [-0.3, -0.25) is 0 Å². The quantitative estimate of drug-likeness (QED) is 0.501. The van der Waals surface area contributed by atoms with E-state index in [2.05, 4.69) is 30.3 Å². The summed E-state index contributed by atoms with van der Waals surface area (Å²) in [5.74, 6) is -0.374. The van der Waals surface area contributed by atoms with Crippen LogP contribution in [0.3, 0.4) is 0 Å². The Kier molecular flexibility index (Phi) is 5.36. The first-order valence-corrected chi connectivity index (χ1v) is 9.77. The molecule has 0 radical (unpaired) electrons. The molecule has 1 atom stereocenters. The van der Waals surface area contributed by atoms with Crippen LogP contribution in [0.1, 0.15) is 38.5 Å². The third kappa shape index (κ3) is 3.52. The summed E-state index contributed by atoms with van der Waals surface area (Å²) >= 11 is 0. The van der Waals surface area contributed by atoms with E-state index < -0.39 is 5.97 Å². The van der Waals surface area contributed by atoms with E-state index in [0.717, 1.165) is 34.2 Å². The summed E-state index contributed by atoms with van der Waals surface area (Å²) in [6.07, 6.45) is 0.765. The number of phenols is 1. The molecule has 0 aliphatic heterocycles. The van der Waals surface area contributed by atoms with E-state index in [4.69, 9.17) is 9.47 Å². The van der Waals surface area contributed by atoms with Gasteiger partial charge < -0.3 is 14.6 Å². The number of carbonyl (C=O) groups excluding carboxylic acids is 1. The Morgan fingerprint density at radius 3 is 2.55 bits per heavy atom.